The molecule has 3 aromatic rings. The summed E-state index contributed by atoms with van der Waals surface area (Å²) in [5.74, 6) is 3.81. The largest absolute Gasteiger partial charge is 0.611 e. The van der Waals surface area contributed by atoms with Gasteiger partial charge in [0.2, 0.25) is 11.7 Å². The van der Waals surface area contributed by atoms with Gasteiger partial charge in [0.1, 0.15) is 29.4 Å². The van der Waals surface area contributed by atoms with E-state index in [9.17, 15) is 9.35 Å². The number of alkyl carbamates (subject to hydrolysis) is 1. The maximum Gasteiger partial charge on any atom is 0.408 e. The summed E-state index contributed by atoms with van der Waals surface area (Å²) in [4.78, 5) is 16.9. The Morgan fingerprint density at radius 3 is 2.42 bits per heavy atom. The van der Waals surface area contributed by atoms with E-state index < -0.39 is 22.9 Å². The standard InChI is InChI=1S/C23H25N3O5S2/c1-23(2,3)30-22(27)24-12-20-25-21(26-31-20)15-4-6-16(7-5-15)29-17-8-10-19(11-9-17)33(28)14-18-13-32-18/h4-11,18H,12-14H2,1-3H3,(H,24,27). The molecule has 174 valence electrons. The molecule has 1 saturated heterocycles. The molecule has 1 aliphatic heterocycles. The van der Waals surface area contributed by atoms with E-state index in [0.29, 0.717) is 28.3 Å². The van der Waals surface area contributed by atoms with Crippen molar-refractivity contribution in [1.29, 1.82) is 0 Å². The highest BCUT2D eigenvalue weighted by Crippen LogP contribution is 2.33. The molecule has 0 aliphatic carbocycles. The first-order chi connectivity index (χ1) is 15.7. The van der Waals surface area contributed by atoms with Crippen LogP contribution in [0.2, 0.25) is 0 Å². The number of thioether (sulfide) groups is 1. The Labute approximate surface area is 199 Å². The van der Waals surface area contributed by atoms with Gasteiger partial charge >= 0.3 is 6.09 Å². The Bertz CT molecular complexity index is 1080. The van der Waals surface area contributed by atoms with Crippen LogP contribution in [0.15, 0.2) is 57.9 Å². The molecule has 1 fully saturated rings. The van der Waals surface area contributed by atoms with E-state index in [-0.39, 0.29) is 12.4 Å². The molecule has 0 bridgehead atoms. The molecule has 1 amide bonds. The first-order valence-corrected chi connectivity index (χ1v) is 12.8. The Hall–Kier alpha value is -2.69. The van der Waals surface area contributed by atoms with Crippen LogP contribution in [0, 0.1) is 0 Å². The monoisotopic (exact) mass is 487 g/mol. The number of carbonyl (C=O) groups is 1. The molecule has 4 rings (SSSR count). The summed E-state index contributed by atoms with van der Waals surface area (Å²) >= 11 is 0.881. The van der Waals surface area contributed by atoms with Crippen LogP contribution in [0.1, 0.15) is 26.7 Å². The van der Waals surface area contributed by atoms with Crippen LogP contribution in [0.3, 0.4) is 0 Å². The first-order valence-electron chi connectivity index (χ1n) is 10.4. The van der Waals surface area contributed by atoms with Crippen molar-refractivity contribution >= 4 is 29.0 Å². The molecule has 0 spiro atoms. The third-order valence-corrected chi connectivity index (χ3v) is 7.11. The van der Waals surface area contributed by atoms with Crippen molar-refractivity contribution in [3.63, 3.8) is 0 Å². The van der Waals surface area contributed by atoms with E-state index in [0.717, 1.165) is 16.2 Å². The van der Waals surface area contributed by atoms with E-state index in [2.05, 4.69) is 15.5 Å². The Balaban J connectivity index is 1.30. The average molecular weight is 488 g/mol. The fourth-order valence-corrected chi connectivity index (χ4v) is 5.05. The molecule has 33 heavy (non-hydrogen) atoms. The van der Waals surface area contributed by atoms with Gasteiger partial charge in [-0.2, -0.15) is 16.7 Å². The minimum atomic E-state index is -0.967. The average Bonchev–Trinajstić information content (AvgIpc) is 3.45. The zero-order valence-electron chi connectivity index (χ0n) is 18.6. The quantitative estimate of drug-likeness (QED) is 0.357. The SMILES string of the molecule is CC(C)(C)OC(=O)NCc1nc(-c2ccc(Oc3ccc([S+]([O-])CC4CS4)cc3)cc2)no1. The molecule has 1 aromatic heterocycles. The van der Waals surface area contributed by atoms with Crippen LogP contribution in [0.4, 0.5) is 4.79 Å². The van der Waals surface area contributed by atoms with Gasteiger partial charge in [0.15, 0.2) is 4.90 Å². The number of hydrogen-bond donors (Lipinski definition) is 1. The number of ether oxygens (including phenoxy) is 2. The predicted molar refractivity (Wildman–Crippen MR) is 127 cm³/mol. The number of benzene rings is 2. The summed E-state index contributed by atoms with van der Waals surface area (Å²) in [7, 11) is 0. The minimum absolute atomic E-state index is 0.0728. The van der Waals surface area contributed by atoms with Gasteiger partial charge in [-0.1, -0.05) is 5.16 Å². The van der Waals surface area contributed by atoms with Crippen molar-refractivity contribution in [3.8, 4) is 22.9 Å². The van der Waals surface area contributed by atoms with Crippen molar-refractivity contribution in [2.45, 2.75) is 43.1 Å². The number of hydrogen-bond acceptors (Lipinski definition) is 8. The Morgan fingerprint density at radius 1 is 1.18 bits per heavy atom. The van der Waals surface area contributed by atoms with Gasteiger partial charge in [0.25, 0.3) is 0 Å². The maximum absolute atomic E-state index is 12.3. The predicted octanol–water partition coefficient (Wildman–Crippen LogP) is 4.78. The van der Waals surface area contributed by atoms with Crippen molar-refractivity contribution in [3.05, 3.63) is 54.4 Å². The van der Waals surface area contributed by atoms with Crippen molar-refractivity contribution in [2.24, 2.45) is 0 Å². The Morgan fingerprint density at radius 2 is 1.82 bits per heavy atom. The van der Waals surface area contributed by atoms with E-state index in [1.807, 2.05) is 48.2 Å². The molecule has 2 aromatic carbocycles. The molecule has 2 heterocycles. The zero-order valence-corrected chi connectivity index (χ0v) is 20.2. The van der Waals surface area contributed by atoms with Gasteiger partial charge < -0.3 is 23.9 Å². The summed E-state index contributed by atoms with van der Waals surface area (Å²) in [6, 6.07) is 14.6. The molecular weight excluding hydrogens is 462 g/mol. The normalized spacial score (nSPS) is 16.2. The second-order valence-electron chi connectivity index (χ2n) is 8.43. The van der Waals surface area contributed by atoms with Crippen molar-refractivity contribution in [1.82, 2.24) is 15.5 Å². The van der Waals surface area contributed by atoms with Crippen LogP contribution >= 0.6 is 11.8 Å². The number of aromatic nitrogens is 2. The lowest BCUT2D eigenvalue weighted by Crippen LogP contribution is -2.32. The second kappa shape index (κ2) is 10.1. The Kier molecular flexibility index (Phi) is 7.16. The highest BCUT2D eigenvalue weighted by molar-refractivity contribution is 8.08. The highest BCUT2D eigenvalue weighted by atomic mass is 32.2. The number of nitrogens with one attached hydrogen (secondary N) is 1. The van der Waals surface area contributed by atoms with Crippen LogP contribution in [-0.4, -0.2) is 43.1 Å². The fourth-order valence-electron chi connectivity index (χ4n) is 2.80. The van der Waals surface area contributed by atoms with Crippen LogP contribution in [-0.2, 0) is 22.5 Å². The molecule has 2 atom stereocenters. The number of rotatable bonds is 8. The lowest BCUT2D eigenvalue weighted by molar-refractivity contribution is 0.0518. The van der Waals surface area contributed by atoms with Crippen LogP contribution in [0.5, 0.6) is 11.5 Å². The third-order valence-electron chi connectivity index (χ3n) is 4.43. The molecule has 1 N–H and O–H groups in total. The van der Waals surface area contributed by atoms with Gasteiger partial charge in [-0.15, -0.1) is 0 Å². The van der Waals surface area contributed by atoms with Gasteiger partial charge in [0, 0.05) is 11.3 Å². The van der Waals surface area contributed by atoms with Crippen LogP contribution < -0.4 is 10.1 Å². The van der Waals surface area contributed by atoms with Gasteiger partial charge in [-0.3, -0.25) is 0 Å². The minimum Gasteiger partial charge on any atom is -0.611 e. The van der Waals surface area contributed by atoms with Crippen molar-refractivity contribution < 1.29 is 23.3 Å². The maximum atomic E-state index is 12.3. The van der Waals surface area contributed by atoms with Gasteiger partial charge in [-0.05, 0) is 80.5 Å². The number of carbonyl (C=O) groups excluding carboxylic acids is 1. The molecule has 8 nitrogen and oxygen atoms in total. The summed E-state index contributed by atoms with van der Waals surface area (Å²) < 4.78 is 28.5. The van der Waals surface area contributed by atoms with E-state index in [4.69, 9.17) is 14.0 Å². The van der Waals surface area contributed by atoms with Crippen molar-refractivity contribution in [2.75, 3.05) is 11.5 Å². The summed E-state index contributed by atoms with van der Waals surface area (Å²) in [5.41, 5.74) is 0.169. The van der Waals surface area contributed by atoms with E-state index in [1.54, 1.807) is 32.9 Å². The molecule has 1 aliphatic rings. The summed E-state index contributed by atoms with van der Waals surface area (Å²) in [6.45, 7) is 5.44. The molecular formula is C23H25N3O5S2. The molecule has 0 radical (unpaired) electrons. The lowest BCUT2D eigenvalue weighted by atomic mass is 10.2. The molecule has 2 unspecified atom stereocenters. The van der Waals surface area contributed by atoms with Gasteiger partial charge in [0.05, 0.1) is 5.25 Å². The molecule has 10 heteroatoms. The lowest BCUT2D eigenvalue weighted by Gasteiger charge is -2.19. The number of nitrogens with zero attached hydrogens (tertiary/aromatic N) is 2. The highest BCUT2D eigenvalue weighted by Gasteiger charge is 2.29. The van der Waals surface area contributed by atoms with E-state index in [1.165, 1.54) is 0 Å². The van der Waals surface area contributed by atoms with Crippen LogP contribution in [0.25, 0.3) is 11.4 Å². The smallest absolute Gasteiger partial charge is 0.408 e. The zero-order chi connectivity index (χ0) is 23.4. The summed E-state index contributed by atoms with van der Waals surface area (Å²) in [6.07, 6.45) is -0.551. The fraction of sp³-hybridized carbons (Fsp3) is 0.348. The van der Waals surface area contributed by atoms with Gasteiger partial charge in [-0.25, -0.2) is 4.79 Å². The third kappa shape index (κ3) is 7.15. The first kappa shape index (κ1) is 23.5. The second-order valence-corrected chi connectivity index (χ2v) is 11.3. The molecule has 0 saturated carbocycles. The van der Waals surface area contributed by atoms with E-state index >= 15 is 0 Å². The topological polar surface area (TPSA) is 110 Å². The summed E-state index contributed by atoms with van der Waals surface area (Å²) in [5, 5.41) is 7.08. The number of amides is 1.